The molecule has 0 unspecified atom stereocenters. The number of aromatic nitrogens is 4. The average molecular weight is 327 g/mol. The van der Waals surface area contributed by atoms with Gasteiger partial charge in [-0.15, -0.1) is 0 Å². The predicted molar refractivity (Wildman–Crippen MR) is 92.2 cm³/mol. The molecule has 3 rings (SSSR count). The van der Waals surface area contributed by atoms with Crippen LogP contribution in [0.5, 0.6) is 0 Å². The van der Waals surface area contributed by atoms with Crippen LogP contribution in [0.1, 0.15) is 47.6 Å². The summed E-state index contributed by atoms with van der Waals surface area (Å²) >= 11 is 0. The molecule has 6 heteroatoms. The van der Waals surface area contributed by atoms with Crippen molar-refractivity contribution in [3.8, 4) is 5.95 Å². The first kappa shape index (κ1) is 16.6. The van der Waals surface area contributed by atoms with Crippen molar-refractivity contribution < 1.29 is 4.79 Å². The number of piperidine rings is 1. The molecule has 2 aromatic rings. The van der Waals surface area contributed by atoms with Crippen LogP contribution in [0.3, 0.4) is 0 Å². The molecule has 2 aromatic heterocycles. The highest BCUT2D eigenvalue weighted by Crippen LogP contribution is 2.19. The molecule has 1 amide bonds. The van der Waals surface area contributed by atoms with Gasteiger partial charge in [0.1, 0.15) is 0 Å². The van der Waals surface area contributed by atoms with Crippen LogP contribution in [0, 0.1) is 27.7 Å². The molecule has 3 heterocycles. The minimum absolute atomic E-state index is 0.196. The van der Waals surface area contributed by atoms with Gasteiger partial charge in [-0.1, -0.05) is 0 Å². The Morgan fingerprint density at radius 1 is 1.04 bits per heavy atom. The number of likely N-dealkylation sites (tertiary alicyclic amines) is 1. The lowest BCUT2D eigenvalue weighted by Crippen LogP contribution is -2.36. The van der Waals surface area contributed by atoms with Gasteiger partial charge in [0.25, 0.3) is 5.95 Å². The second-order valence-electron chi connectivity index (χ2n) is 6.63. The van der Waals surface area contributed by atoms with Gasteiger partial charge in [0.05, 0.1) is 12.1 Å². The Balaban J connectivity index is 1.87. The van der Waals surface area contributed by atoms with Crippen LogP contribution in [-0.4, -0.2) is 43.6 Å². The molecule has 6 nitrogen and oxygen atoms in total. The SMILES string of the molecule is Cc1cc(C)nc(-n2nc(C)c(CC(=O)N3CCCCC3)c2C)n1. The van der Waals surface area contributed by atoms with Gasteiger partial charge >= 0.3 is 0 Å². The highest BCUT2D eigenvalue weighted by Gasteiger charge is 2.21. The minimum Gasteiger partial charge on any atom is -0.342 e. The lowest BCUT2D eigenvalue weighted by molar-refractivity contribution is -0.131. The predicted octanol–water partition coefficient (Wildman–Crippen LogP) is 2.45. The fourth-order valence-corrected chi connectivity index (χ4v) is 3.33. The molecule has 0 spiro atoms. The van der Waals surface area contributed by atoms with Crippen LogP contribution in [-0.2, 0) is 11.2 Å². The van der Waals surface area contributed by atoms with Gasteiger partial charge in [0.2, 0.25) is 5.91 Å². The molecule has 0 aromatic carbocycles. The molecule has 1 fully saturated rings. The van der Waals surface area contributed by atoms with E-state index >= 15 is 0 Å². The molecule has 128 valence electrons. The molecule has 1 aliphatic rings. The Morgan fingerprint density at radius 2 is 1.67 bits per heavy atom. The van der Waals surface area contributed by atoms with Gasteiger partial charge in [-0.3, -0.25) is 4.79 Å². The summed E-state index contributed by atoms with van der Waals surface area (Å²) in [7, 11) is 0. The van der Waals surface area contributed by atoms with Crippen molar-refractivity contribution in [1.29, 1.82) is 0 Å². The van der Waals surface area contributed by atoms with E-state index in [0.29, 0.717) is 12.4 Å². The summed E-state index contributed by atoms with van der Waals surface area (Å²) in [6.45, 7) is 9.59. The van der Waals surface area contributed by atoms with E-state index in [1.807, 2.05) is 38.7 Å². The van der Waals surface area contributed by atoms with E-state index in [0.717, 1.165) is 54.3 Å². The van der Waals surface area contributed by atoms with E-state index < -0.39 is 0 Å². The first-order chi connectivity index (χ1) is 11.5. The normalized spacial score (nSPS) is 14.9. The zero-order valence-corrected chi connectivity index (χ0v) is 15.0. The number of carbonyl (C=O) groups is 1. The molecule has 1 saturated heterocycles. The lowest BCUT2D eigenvalue weighted by Gasteiger charge is -2.26. The second-order valence-corrected chi connectivity index (χ2v) is 6.63. The summed E-state index contributed by atoms with van der Waals surface area (Å²) in [6, 6.07) is 1.94. The van der Waals surface area contributed by atoms with Crippen molar-refractivity contribution in [3.05, 3.63) is 34.4 Å². The molecule has 24 heavy (non-hydrogen) atoms. The minimum atomic E-state index is 0.196. The van der Waals surface area contributed by atoms with Crippen molar-refractivity contribution in [2.24, 2.45) is 0 Å². The summed E-state index contributed by atoms with van der Waals surface area (Å²) < 4.78 is 1.76. The third-order valence-corrected chi connectivity index (χ3v) is 4.64. The molecular weight excluding hydrogens is 302 g/mol. The summed E-state index contributed by atoms with van der Waals surface area (Å²) in [5, 5.41) is 4.58. The monoisotopic (exact) mass is 327 g/mol. The second kappa shape index (κ2) is 6.71. The maximum atomic E-state index is 12.6. The van der Waals surface area contributed by atoms with E-state index in [-0.39, 0.29) is 5.91 Å². The number of hydrogen-bond acceptors (Lipinski definition) is 4. The largest absolute Gasteiger partial charge is 0.342 e. The first-order valence-corrected chi connectivity index (χ1v) is 8.61. The van der Waals surface area contributed by atoms with E-state index in [1.54, 1.807) is 4.68 Å². The fraction of sp³-hybridized carbons (Fsp3) is 0.556. The van der Waals surface area contributed by atoms with E-state index in [9.17, 15) is 4.79 Å². The lowest BCUT2D eigenvalue weighted by atomic mass is 10.1. The van der Waals surface area contributed by atoms with Gasteiger partial charge in [0.15, 0.2) is 0 Å². The molecule has 0 saturated carbocycles. The van der Waals surface area contributed by atoms with Crippen LogP contribution in [0.25, 0.3) is 5.95 Å². The average Bonchev–Trinajstić information content (AvgIpc) is 2.83. The third kappa shape index (κ3) is 3.32. The van der Waals surface area contributed by atoms with Gasteiger partial charge in [-0.05, 0) is 53.0 Å². The Labute approximate surface area is 142 Å². The van der Waals surface area contributed by atoms with Crippen LogP contribution in [0.4, 0.5) is 0 Å². The smallest absolute Gasteiger partial charge is 0.251 e. The molecule has 0 atom stereocenters. The van der Waals surface area contributed by atoms with Gasteiger partial charge in [0, 0.05) is 35.7 Å². The zero-order valence-electron chi connectivity index (χ0n) is 15.0. The van der Waals surface area contributed by atoms with E-state index in [4.69, 9.17) is 0 Å². The maximum absolute atomic E-state index is 12.6. The Hall–Kier alpha value is -2.24. The van der Waals surface area contributed by atoms with Gasteiger partial charge < -0.3 is 4.90 Å². The van der Waals surface area contributed by atoms with Crippen molar-refractivity contribution in [2.45, 2.75) is 53.4 Å². The van der Waals surface area contributed by atoms with Crippen molar-refractivity contribution in [2.75, 3.05) is 13.1 Å². The number of amides is 1. The molecule has 1 aliphatic heterocycles. The molecule has 0 radical (unpaired) electrons. The first-order valence-electron chi connectivity index (χ1n) is 8.61. The topological polar surface area (TPSA) is 63.9 Å². The molecular formula is C18H25N5O. The standard InChI is InChI=1S/C18H25N5O/c1-12-10-13(2)20-18(19-12)23-15(4)16(14(3)21-23)11-17(24)22-8-6-5-7-9-22/h10H,5-9,11H2,1-4H3. The van der Waals surface area contributed by atoms with Crippen molar-refractivity contribution >= 4 is 5.91 Å². The summed E-state index contributed by atoms with van der Waals surface area (Å²) in [5.41, 5.74) is 4.64. The number of nitrogens with zero attached hydrogens (tertiary/aromatic N) is 5. The van der Waals surface area contributed by atoms with Crippen molar-refractivity contribution in [3.63, 3.8) is 0 Å². The van der Waals surface area contributed by atoms with Gasteiger partial charge in [-0.2, -0.15) is 5.10 Å². The van der Waals surface area contributed by atoms with Crippen molar-refractivity contribution in [1.82, 2.24) is 24.6 Å². The quantitative estimate of drug-likeness (QED) is 0.868. The fourth-order valence-electron chi connectivity index (χ4n) is 3.33. The number of rotatable bonds is 3. The Morgan fingerprint density at radius 3 is 2.29 bits per heavy atom. The molecule has 0 aliphatic carbocycles. The summed E-state index contributed by atoms with van der Waals surface area (Å²) in [6.07, 6.45) is 3.85. The number of aryl methyl sites for hydroxylation is 3. The van der Waals surface area contributed by atoms with Crippen LogP contribution >= 0.6 is 0 Å². The Bertz CT molecular complexity index is 739. The number of hydrogen-bond donors (Lipinski definition) is 0. The van der Waals surface area contributed by atoms with Crippen LogP contribution in [0.15, 0.2) is 6.07 Å². The molecule has 0 N–H and O–H groups in total. The van der Waals surface area contributed by atoms with Crippen LogP contribution in [0.2, 0.25) is 0 Å². The van der Waals surface area contributed by atoms with Gasteiger partial charge in [-0.25, -0.2) is 14.6 Å². The Kier molecular flexibility index (Phi) is 4.64. The summed E-state index contributed by atoms with van der Waals surface area (Å²) in [5.74, 6) is 0.770. The highest BCUT2D eigenvalue weighted by molar-refractivity contribution is 5.79. The maximum Gasteiger partial charge on any atom is 0.251 e. The zero-order chi connectivity index (χ0) is 17.3. The number of carbonyl (C=O) groups excluding carboxylic acids is 1. The highest BCUT2D eigenvalue weighted by atomic mass is 16.2. The van der Waals surface area contributed by atoms with Crippen LogP contribution < -0.4 is 0 Å². The molecule has 0 bridgehead atoms. The summed E-state index contributed by atoms with van der Waals surface area (Å²) in [4.78, 5) is 23.5. The van der Waals surface area contributed by atoms with E-state index in [1.165, 1.54) is 6.42 Å². The van der Waals surface area contributed by atoms with E-state index in [2.05, 4.69) is 15.1 Å². The third-order valence-electron chi connectivity index (χ3n) is 4.64.